The van der Waals surface area contributed by atoms with E-state index < -0.39 is 0 Å². The van der Waals surface area contributed by atoms with Crippen molar-refractivity contribution in [3.8, 4) is 11.1 Å². The summed E-state index contributed by atoms with van der Waals surface area (Å²) in [7, 11) is 0. The first kappa shape index (κ1) is 19.1. The largest absolute Gasteiger partial charge is 0.374 e. The van der Waals surface area contributed by atoms with Crippen LogP contribution in [0.2, 0.25) is 0 Å². The van der Waals surface area contributed by atoms with Gasteiger partial charge in [-0.2, -0.15) is 0 Å². The Morgan fingerprint density at radius 3 is 2.38 bits per heavy atom. The van der Waals surface area contributed by atoms with Gasteiger partial charge in [-0.1, -0.05) is 60.7 Å². The number of ether oxygens (including phenoxy) is 1. The molecule has 146 valence electrons. The lowest BCUT2D eigenvalue weighted by atomic mass is 10.0. The molecular formula is C25H23NO3. The number of hydrogen-bond acceptors (Lipinski definition) is 3. The molecule has 3 aromatic rings. The van der Waals surface area contributed by atoms with Gasteiger partial charge in [-0.3, -0.25) is 9.59 Å². The first-order valence-electron chi connectivity index (χ1n) is 9.88. The van der Waals surface area contributed by atoms with Crippen LogP contribution in [-0.2, 0) is 4.74 Å². The van der Waals surface area contributed by atoms with Crippen LogP contribution in [0.25, 0.3) is 11.1 Å². The zero-order valence-corrected chi connectivity index (χ0v) is 16.4. The van der Waals surface area contributed by atoms with Gasteiger partial charge in [0.2, 0.25) is 0 Å². The number of nitrogens with one attached hydrogen (secondary N) is 1. The molecule has 0 saturated heterocycles. The molecule has 0 fully saturated rings. The van der Waals surface area contributed by atoms with Gasteiger partial charge in [0.25, 0.3) is 5.91 Å². The molecule has 0 radical (unpaired) electrons. The van der Waals surface area contributed by atoms with E-state index in [1.165, 1.54) is 0 Å². The Balaban J connectivity index is 1.29. The lowest BCUT2D eigenvalue weighted by Gasteiger charge is -2.13. The zero-order valence-electron chi connectivity index (χ0n) is 16.4. The third-order valence-electron chi connectivity index (χ3n) is 5.23. The zero-order chi connectivity index (χ0) is 20.2. The van der Waals surface area contributed by atoms with Crippen molar-refractivity contribution >= 4 is 11.7 Å². The van der Waals surface area contributed by atoms with Crippen molar-refractivity contribution in [3.05, 3.63) is 95.1 Å². The Hall–Kier alpha value is -3.24. The molecule has 4 nitrogen and oxygen atoms in total. The van der Waals surface area contributed by atoms with Crippen LogP contribution >= 0.6 is 0 Å². The molecule has 1 aliphatic carbocycles. The van der Waals surface area contributed by atoms with Crippen LogP contribution in [0.3, 0.4) is 0 Å². The maximum atomic E-state index is 12.6. The molecular weight excluding hydrogens is 362 g/mol. The van der Waals surface area contributed by atoms with Crippen LogP contribution in [0.4, 0.5) is 0 Å². The second-order valence-corrected chi connectivity index (χ2v) is 7.17. The highest BCUT2D eigenvalue weighted by molar-refractivity contribution is 6.22. The molecule has 1 amide bonds. The van der Waals surface area contributed by atoms with Gasteiger partial charge in [0.1, 0.15) is 0 Å². The minimum absolute atomic E-state index is 0.0199. The minimum Gasteiger partial charge on any atom is -0.374 e. The van der Waals surface area contributed by atoms with Crippen molar-refractivity contribution in [1.29, 1.82) is 0 Å². The average Bonchev–Trinajstić information content (AvgIpc) is 3.06. The quantitative estimate of drug-likeness (QED) is 0.465. The fourth-order valence-corrected chi connectivity index (χ4v) is 3.63. The Bertz CT molecular complexity index is 1040. The van der Waals surface area contributed by atoms with Crippen molar-refractivity contribution < 1.29 is 14.3 Å². The van der Waals surface area contributed by atoms with Gasteiger partial charge in [0.15, 0.2) is 5.78 Å². The summed E-state index contributed by atoms with van der Waals surface area (Å²) in [4.78, 5) is 25.1. The van der Waals surface area contributed by atoms with Crippen LogP contribution in [0.1, 0.15) is 51.3 Å². The number of fused-ring (bicyclic) bond motifs is 3. The molecule has 1 atom stereocenters. The molecule has 0 bridgehead atoms. The second-order valence-electron chi connectivity index (χ2n) is 7.17. The molecule has 3 aromatic carbocycles. The molecule has 4 rings (SSSR count). The van der Waals surface area contributed by atoms with E-state index in [-0.39, 0.29) is 17.8 Å². The Labute approximate surface area is 170 Å². The summed E-state index contributed by atoms with van der Waals surface area (Å²) in [6, 6.07) is 22.9. The van der Waals surface area contributed by atoms with Crippen LogP contribution in [0, 0.1) is 0 Å². The predicted octanol–water partition coefficient (Wildman–Crippen LogP) is 4.80. The van der Waals surface area contributed by atoms with Crippen LogP contribution in [0.15, 0.2) is 72.8 Å². The SMILES string of the molecule is CC(OCCCNC(=O)c1ccc2c(c1)C(=O)c1ccccc1-2)c1ccccc1. The Morgan fingerprint density at radius 2 is 1.59 bits per heavy atom. The molecule has 1 aliphatic rings. The van der Waals surface area contributed by atoms with Gasteiger partial charge in [-0.15, -0.1) is 0 Å². The number of rotatable bonds is 7. The summed E-state index contributed by atoms with van der Waals surface area (Å²) in [6.45, 7) is 3.10. The molecule has 1 N–H and O–H groups in total. The maximum Gasteiger partial charge on any atom is 0.251 e. The Kier molecular flexibility index (Phi) is 5.54. The third kappa shape index (κ3) is 3.98. The van der Waals surface area contributed by atoms with Crippen molar-refractivity contribution in [2.24, 2.45) is 0 Å². The molecule has 1 unspecified atom stereocenters. The molecule has 29 heavy (non-hydrogen) atoms. The van der Waals surface area contributed by atoms with Crippen molar-refractivity contribution in [3.63, 3.8) is 0 Å². The highest BCUT2D eigenvalue weighted by atomic mass is 16.5. The van der Waals surface area contributed by atoms with Crippen LogP contribution in [-0.4, -0.2) is 24.8 Å². The van der Waals surface area contributed by atoms with Gasteiger partial charge >= 0.3 is 0 Å². The minimum atomic E-state index is -0.173. The summed E-state index contributed by atoms with van der Waals surface area (Å²) in [5.41, 5.74) is 4.77. The molecule has 0 aliphatic heterocycles. The molecule has 0 saturated carbocycles. The first-order valence-corrected chi connectivity index (χ1v) is 9.88. The van der Waals surface area contributed by atoms with Gasteiger partial charge in [-0.25, -0.2) is 0 Å². The summed E-state index contributed by atoms with van der Waals surface area (Å²) < 4.78 is 5.83. The van der Waals surface area contributed by atoms with E-state index in [1.807, 2.05) is 67.6 Å². The fourth-order valence-electron chi connectivity index (χ4n) is 3.63. The summed E-state index contributed by atoms with van der Waals surface area (Å²) in [6.07, 6.45) is 0.745. The number of amides is 1. The van der Waals surface area contributed by atoms with E-state index in [0.717, 1.165) is 23.1 Å². The number of carbonyl (C=O) groups excluding carboxylic acids is 2. The highest BCUT2D eigenvalue weighted by Gasteiger charge is 2.26. The molecule has 0 spiro atoms. The van der Waals surface area contributed by atoms with Gasteiger partial charge in [-0.05, 0) is 42.2 Å². The lowest BCUT2D eigenvalue weighted by Crippen LogP contribution is -2.25. The van der Waals surface area contributed by atoms with Crippen LogP contribution in [0.5, 0.6) is 0 Å². The van der Waals surface area contributed by atoms with E-state index in [1.54, 1.807) is 12.1 Å². The van der Waals surface area contributed by atoms with Crippen LogP contribution < -0.4 is 5.32 Å². The monoisotopic (exact) mass is 385 g/mol. The first-order chi connectivity index (χ1) is 14.1. The van der Waals surface area contributed by atoms with E-state index >= 15 is 0 Å². The highest BCUT2D eigenvalue weighted by Crippen LogP contribution is 2.36. The fraction of sp³-hybridized carbons (Fsp3) is 0.200. The van der Waals surface area contributed by atoms with Gasteiger partial charge in [0, 0.05) is 29.8 Å². The summed E-state index contributed by atoms with van der Waals surface area (Å²) >= 11 is 0. The van der Waals surface area contributed by atoms with E-state index in [4.69, 9.17) is 4.74 Å². The third-order valence-corrected chi connectivity index (χ3v) is 5.23. The summed E-state index contributed by atoms with van der Waals surface area (Å²) in [5.74, 6) is -0.193. The Morgan fingerprint density at radius 1 is 0.897 bits per heavy atom. The van der Waals surface area contributed by atoms with Crippen molar-refractivity contribution in [1.82, 2.24) is 5.32 Å². The van der Waals surface area contributed by atoms with Crippen molar-refractivity contribution in [2.45, 2.75) is 19.4 Å². The van der Waals surface area contributed by atoms with Gasteiger partial charge < -0.3 is 10.1 Å². The number of hydrogen-bond donors (Lipinski definition) is 1. The second kappa shape index (κ2) is 8.41. The van der Waals surface area contributed by atoms with E-state index in [0.29, 0.717) is 29.8 Å². The molecule has 0 aromatic heterocycles. The van der Waals surface area contributed by atoms with E-state index in [9.17, 15) is 9.59 Å². The predicted molar refractivity (Wildman–Crippen MR) is 113 cm³/mol. The molecule has 4 heteroatoms. The molecule has 0 heterocycles. The maximum absolute atomic E-state index is 12.6. The number of carbonyl (C=O) groups is 2. The number of benzene rings is 3. The van der Waals surface area contributed by atoms with Gasteiger partial charge in [0.05, 0.1) is 6.10 Å². The van der Waals surface area contributed by atoms with Crippen molar-refractivity contribution in [2.75, 3.05) is 13.2 Å². The average molecular weight is 385 g/mol. The topological polar surface area (TPSA) is 55.4 Å². The van der Waals surface area contributed by atoms with E-state index in [2.05, 4.69) is 5.32 Å². The standard InChI is InChI=1S/C25H23NO3/c1-17(18-8-3-2-4-9-18)29-15-7-14-26-25(28)19-12-13-21-20-10-5-6-11-22(20)24(27)23(21)16-19/h2-6,8-13,16-17H,7,14-15H2,1H3,(H,26,28). The normalized spacial score (nSPS) is 12.9. The number of ketones is 1. The smallest absolute Gasteiger partial charge is 0.251 e. The lowest BCUT2D eigenvalue weighted by molar-refractivity contribution is 0.0635. The summed E-state index contributed by atoms with van der Waals surface area (Å²) in [5, 5.41) is 2.91.